The van der Waals surface area contributed by atoms with Gasteiger partial charge in [-0.15, -0.1) is 0 Å². The summed E-state index contributed by atoms with van der Waals surface area (Å²) in [5.74, 6) is -0.266. The minimum absolute atomic E-state index is 0.112. The van der Waals surface area contributed by atoms with Crippen molar-refractivity contribution in [1.82, 2.24) is 4.90 Å². The highest BCUT2D eigenvalue weighted by molar-refractivity contribution is 5.76. The Morgan fingerprint density at radius 2 is 2.46 bits per heavy atom. The molecule has 0 unspecified atom stereocenters. The molecule has 6 heteroatoms. The summed E-state index contributed by atoms with van der Waals surface area (Å²) in [7, 11) is 3.17. The Morgan fingerprint density at radius 1 is 1.77 bits per heavy atom. The predicted molar refractivity (Wildman–Crippen MR) is 46.0 cm³/mol. The van der Waals surface area contributed by atoms with Gasteiger partial charge >= 0.3 is 5.97 Å². The molecule has 13 heavy (non-hydrogen) atoms. The van der Waals surface area contributed by atoms with Crippen LogP contribution in [-0.4, -0.2) is 43.7 Å². The van der Waals surface area contributed by atoms with Crippen molar-refractivity contribution in [2.75, 3.05) is 20.7 Å². The summed E-state index contributed by atoms with van der Waals surface area (Å²) in [5.41, 5.74) is 8.22. The van der Waals surface area contributed by atoms with E-state index in [1.165, 1.54) is 7.11 Å². The number of azide groups is 1. The molecule has 0 aromatic rings. The second kappa shape index (κ2) is 4.11. The lowest BCUT2D eigenvalue weighted by atomic mass is 10.2. The lowest BCUT2D eigenvalue weighted by molar-refractivity contribution is -0.145. The lowest BCUT2D eigenvalue weighted by Crippen LogP contribution is -2.33. The summed E-state index contributed by atoms with van der Waals surface area (Å²) in [5, 5.41) is 3.57. The van der Waals surface area contributed by atoms with E-state index in [1.54, 1.807) is 0 Å². The van der Waals surface area contributed by atoms with Gasteiger partial charge in [0.05, 0.1) is 13.2 Å². The number of likely N-dealkylation sites (N-methyl/N-ethyl adjacent to an activating group) is 1. The smallest absolute Gasteiger partial charge is 0.323 e. The Morgan fingerprint density at radius 3 is 3.00 bits per heavy atom. The van der Waals surface area contributed by atoms with E-state index < -0.39 is 0 Å². The molecule has 1 fully saturated rings. The van der Waals surface area contributed by atoms with Crippen molar-refractivity contribution in [3.8, 4) is 0 Å². The molecule has 0 radical (unpaired) electrons. The molecule has 0 aromatic carbocycles. The highest BCUT2D eigenvalue weighted by Gasteiger charge is 2.34. The van der Waals surface area contributed by atoms with Crippen molar-refractivity contribution in [2.45, 2.75) is 18.5 Å². The zero-order valence-corrected chi connectivity index (χ0v) is 7.67. The Kier molecular flexibility index (Phi) is 3.11. The highest BCUT2D eigenvalue weighted by Crippen LogP contribution is 2.19. The Labute approximate surface area is 76.1 Å². The molecule has 0 amide bonds. The first kappa shape index (κ1) is 9.83. The Bertz CT molecular complexity index is 249. The van der Waals surface area contributed by atoms with Crippen LogP contribution in [0.4, 0.5) is 0 Å². The molecular weight excluding hydrogens is 172 g/mol. The molecule has 6 nitrogen and oxygen atoms in total. The van der Waals surface area contributed by atoms with E-state index in [4.69, 9.17) is 5.53 Å². The molecule has 1 heterocycles. The van der Waals surface area contributed by atoms with Crippen LogP contribution in [0.5, 0.6) is 0 Å². The average molecular weight is 184 g/mol. The molecule has 0 N–H and O–H groups in total. The van der Waals surface area contributed by atoms with Crippen molar-refractivity contribution in [3.05, 3.63) is 10.4 Å². The van der Waals surface area contributed by atoms with Crippen LogP contribution in [0.1, 0.15) is 6.42 Å². The number of esters is 1. The third-order valence-electron chi connectivity index (χ3n) is 2.21. The fraction of sp³-hybridized carbons (Fsp3) is 0.857. The van der Waals surface area contributed by atoms with E-state index in [0.29, 0.717) is 13.0 Å². The number of carbonyl (C=O) groups excluding carboxylic acids is 1. The van der Waals surface area contributed by atoms with Gasteiger partial charge in [-0.05, 0) is 19.0 Å². The van der Waals surface area contributed by atoms with Gasteiger partial charge in [0, 0.05) is 11.5 Å². The standard InChI is InChI=1S/C7H12N4O2/c1-11-4-5(9-10-8)3-6(11)7(12)13-2/h5-6H,3-4H2,1-2H3/t5-,6-/m0/s1. The maximum atomic E-state index is 11.2. The van der Waals surface area contributed by atoms with Gasteiger partial charge in [-0.1, -0.05) is 5.11 Å². The third kappa shape index (κ3) is 2.11. The molecular formula is C7H12N4O2. The second-order valence-electron chi connectivity index (χ2n) is 3.07. The van der Waals surface area contributed by atoms with Gasteiger partial charge in [-0.2, -0.15) is 0 Å². The normalized spacial score (nSPS) is 28.2. The van der Waals surface area contributed by atoms with Crippen LogP contribution >= 0.6 is 0 Å². The van der Waals surface area contributed by atoms with Crippen molar-refractivity contribution in [2.24, 2.45) is 5.11 Å². The monoisotopic (exact) mass is 184 g/mol. The minimum atomic E-state index is -0.266. The summed E-state index contributed by atoms with van der Waals surface area (Å²) in [6.45, 7) is 0.615. The van der Waals surface area contributed by atoms with Crippen LogP contribution < -0.4 is 0 Å². The molecule has 0 saturated carbocycles. The highest BCUT2D eigenvalue weighted by atomic mass is 16.5. The fourth-order valence-corrected chi connectivity index (χ4v) is 1.54. The van der Waals surface area contributed by atoms with E-state index in [9.17, 15) is 4.79 Å². The van der Waals surface area contributed by atoms with Gasteiger partial charge in [0.15, 0.2) is 0 Å². The van der Waals surface area contributed by atoms with Crippen LogP contribution in [0.15, 0.2) is 5.11 Å². The summed E-state index contributed by atoms with van der Waals surface area (Å²) in [4.78, 5) is 15.7. The number of hydrogen-bond donors (Lipinski definition) is 0. The maximum absolute atomic E-state index is 11.2. The van der Waals surface area contributed by atoms with Crippen LogP contribution in [0.3, 0.4) is 0 Å². The summed E-state index contributed by atoms with van der Waals surface area (Å²) in [6.07, 6.45) is 0.549. The molecule has 1 saturated heterocycles. The van der Waals surface area contributed by atoms with Crippen LogP contribution in [0.2, 0.25) is 0 Å². The number of ether oxygens (including phenoxy) is 1. The molecule has 0 aromatic heterocycles. The van der Waals surface area contributed by atoms with Crippen molar-refractivity contribution >= 4 is 5.97 Å². The molecule has 72 valence electrons. The SMILES string of the molecule is COC(=O)[C@@H]1C[C@H](N=[N+]=[N-])CN1C. The van der Waals surface area contributed by atoms with E-state index >= 15 is 0 Å². The fourth-order valence-electron chi connectivity index (χ4n) is 1.54. The van der Waals surface area contributed by atoms with Crippen LogP contribution in [0, 0.1) is 0 Å². The number of hydrogen-bond acceptors (Lipinski definition) is 4. The minimum Gasteiger partial charge on any atom is -0.468 e. The molecule has 1 aliphatic heterocycles. The summed E-state index contributed by atoms with van der Waals surface area (Å²) in [6, 6.07) is -0.375. The van der Waals surface area contributed by atoms with Crippen molar-refractivity contribution < 1.29 is 9.53 Å². The first-order valence-corrected chi connectivity index (χ1v) is 4.01. The maximum Gasteiger partial charge on any atom is 0.323 e. The number of methoxy groups -OCH3 is 1. The molecule has 0 spiro atoms. The van der Waals surface area contributed by atoms with E-state index in [1.807, 2.05) is 11.9 Å². The van der Waals surface area contributed by atoms with E-state index in [-0.39, 0.29) is 18.1 Å². The first-order chi connectivity index (χ1) is 6.19. The van der Waals surface area contributed by atoms with Gasteiger partial charge in [0.1, 0.15) is 6.04 Å². The zero-order valence-electron chi connectivity index (χ0n) is 7.67. The number of nitrogens with zero attached hydrogens (tertiary/aromatic N) is 4. The zero-order chi connectivity index (χ0) is 9.84. The predicted octanol–water partition coefficient (Wildman–Crippen LogP) is 0.542. The van der Waals surface area contributed by atoms with Crippen LogP contribution in [0.25, 0.3) is 10.4 Å². The Hall–Kier alpha value is -1.26. The van der Waals surface area contributed by atoms with Crippen molar-refractivity contribution in [1.29, 1.82) is 0 Å². The van der Waals surface area contributed by atoms with E-state index in [2.05, 4.69) is 14.8 Å². The quantitative estimate of drug-likeness (QED) is 0.272. The summed E-state index contributed by atoms with van der Waals surface area (Å²) >= 11 is 0. The third-order valence-corrected chi connectivity index (χ3v) is 2.21. The summed E-state index contributed by atoms with van der Waals surface area (Å²) < 4.78 is 4.62. The van der Waals surface area contributed by atoms with Gasteiger partial charge in [0.2, 0.25) is 0 Å². The van der Waals surface area contributed by atoms with Crippen LogP contribution in [-0.2, 0) is 9.53 Å². The van der Waals surface area contributed by atoms with Gasteiger partial charge in [-0.25, -0.2) is 0 Å². The molecule has 0 bridgehead atoms. The van der Waals surface area contributed by atoms with Gasteiger partial charge in [-0.3, -0.25) is 9.69 Å². The lowest BCUT2D eigenvalue weighted by Gasteiger charge is -2.15. The average Bonchev–Trinajstić information content (AvgIpc) is 2.46. The Balaban J connectivity index is 2.60. The number of likely N-dealkylation sites (tertiary alicyclic amines) is 1. The first-order valence-electron chi connectivity index (χ1n) is 4.01. The molecule has 1 rings (SSSR count). The van der Waals surface area contributed by atoms with Crippen molar-refractivity contribution in [3.63, 3.8) is 0 Å². The number of carbonyl (C=O) groups is 1. The van der Waals surface area contributed by atoms with Gasteiger partial charge in [0.25, 0.3) is 0 Å². The topological polar surface area (TPSA) is 78.3 Å². The molecule has 0 aliphatic carbocycles. The number of rotatable bonds is 2. The van der Waals surface area contributed by atoms with E-state index in [0.717, 1.165) is 0 Å². The second-order valence-corrected chi connectivity index (χ2v) is 3.07. The molecule has 2 atom stereocenters. The molecule has 1 aliphatic rings. The van der Waals surface area contributed by atoms with Gasteiger partial charge < -0.3 is 4.74 Å². The largest absolute Gasteiger partial charge is 0.468 e.